The number of rotatable bonds is 6. The Hall–Kier alpha value is -2.08. The lowest BCUT2D eigenvalue weighted by molar-refractivity contribution is -0.143. The van der Waals surface area contributed by atoms with Crippen molar-refractivity contribution in [2.24, 2.45) is 5.92 Å². The lowest BCUT2D eigenvalue weighted by Crippen LogP contribution is -2.46. The number of carbonyl (C=O) groups is 2. The van der Waals surface area contributed by atoms with Gasteiger partial charge in [-0.1, -0.05) is 24.3 Å². The number of piperidine rings is 1. The third kappa shape index (κ3) is 4.96. The number of hydrogen-bond donors (Lipinski definition) is 2. The number of likely N-dealkylation sites (tertiary alicyclic amines) is 1. The summed E-state index contributed by atoms with van der Waals surface area (Å²) in [5.41, 5.74) is 2.07. The predicted octanol–water partition coefficient (Wildman–Crippen LogP) is 2.23. The van der Waals surface area contributed by atoms with E-state index in [4.69, 9.17) is 9.84 Å². The summed E-state index contributed by atoms with van der Waals surface area (Å²) < 4.78 is 5.44. The SMILES string of the molecule is CCOCc1ccccc1CNC(=O)N1CCCC(C(=O)O)C1. The molecule has 1 unspecified atom stereocenters. The van der Waals surface area contributed by atoms with E-state index in [0.29, 0.717) is 32.7 Å². The Labute approximate surface area is 136 Å². The molecule has 1 aromatic rings. The molecule has 0 radical (unpaired) electrons. The highest BCUT2D eigenvalue weighted by Crippen LogP contribution is 2.17. The first-order valence-corrected chi connectivity index (χ1v) is 8.02. The van der Waals surface area contributed by atoms with E-state index in [0.717, 1.165) is 17.5 Å². The number of carbonyl (C=O) groups excluding carboxylic acids is 1. The third-order valence-electron chi connectivity index (χ3n) is 4.07. The fourth-order valence-corrected chi connectivity index (χ4v) is 2.73. The van der Waals surface area contributed by atoms with Gasteiger partial charge in [0.05, 0.1) is 12.5 Å². The Kier molecular flexibility index (Phi) is 6.40. The second-order valence-electron chi connectivity index (χ2n) is 5.69. The summed E-state index contributed by atoms with van der Waals surface area (Å²) in [7, 11) is 0. The number of ether oxygens (including phenoxy) is 1. The van der Waals surface area contributed by atoms with Crippen molar-refractivity contribution in [1.82, 2.24) is 10.2 Å². The topological polar surface area (TPSA) is 78.9 Å². The lowest BCUT2D eigenvalue weighted by atomic mass is 9.99. The maximum atomic E-state index is 12.3. The van der Waals surface area contributed by atoms with Gasteiger partial charge in [0.15, 0.2) is 0 Å². The fraction of sp³-hybridized carbons (Fsp3) is 0.529. The molecule has 1 aromatic carbocycles. The zero-order chi connectivity index (χ0) is 16.7. The van der Waals surface area contributed by atoms with Crippen molar-refractivity contribution < 1.29 is 19.4 Å². The van der Waals surface area contributed by atoms with E-state index in [-0.39, 0.29) is 12.6 Å². The number of hydrogen-bond acceptors (Lipinski definition) is 3. The summed E-state index contributed by atoms with van der Waals surface area (Å²) in [4.78, 5) is 24.9. The van der Waals surface area contributed by atoms with E-state index >= 15 is 0 Å². The molecule has 1 heterocycles. The van der Waals surface area contributed by atoms with Crippen LogP contribution >= 0.6 is 0 Å². The normalized spacial score (nSPS) is 17.8. The highest BCUT2D eigenvalue weighted by atomic mass is 16.5. The van der Waals surface area contributed by atoms with Gasteiger partial charge in [-0.25, -0.2) is 4.79 Å². The Morgan fingerprint density at radius 2 is 2.09 bits per heavy atom. The van der Waals surface area contributed by atoms with Gasteiger partial charge in [0.1, 0.15) is 0 Å². The van der Waals surface area contributed by atoms with Crippen LogP contribution in [0.15, 0.2) is 24.3 Å². The van der Waals surface area contributed by atoms with E-state index < -0.39 is 11.9 Å². The number of aliphatic carboxylic acids is 1. The molecule has 0 bridgehead atoms. The molecule has 1 fully saturated rings. The van der Waals surface area contributed by atoms with Crippen LogP contribution in [0.25, 0.3) is 0 Å². The summed E-state index contributed by atoms with van der Waals surface area (Å²) in [5, 5.41) is 12.0. The second kappa shape index (κ2) is 8.53. The minimum absolute atomic E-state index is 0.206. The van der Waals surface area contributed by atoms with Crippen LogP contribution in [0, 0.1) is 5.92 Å². The maximum Gasteiger partial charge on any atom is 0.317 e. The quantitative estimate of drug-likeness (QED) is 0.842. The number of nitrogens with one attached hydrogen (secondary N) is 1. The predicted molar refractivity (Wildman–Crippen MR) is 85.9 cm³/mol. The monoisotopic (exact) mass is 320 g/mol. The lowest BCUT2D eigenvalue weighted by Gasteiger charge is -2.30. The van der Waals surface area contributed by atoms with Gasteiger partial charge < -0.3 is 20.1 Å². The molecule has 126 valence electrons. The van der Waals surface area contributed by atoms with Crippen molar-refractivity contribution in [1.29, 1.82) is 0 Å². The average molecular weight is 320 g/mol. The molecule has 23 heavy (non-hydrogen) atoms. The average Bonchev–Trinajstić information content (AvgIpc) is 2.58. The summed E-state index contributed by atoms with van der Waals surface area (Å²) in [6.07, 6.45) is 1.36. The molecule has 0 spiro atoms. The highest BCUT2D eigenvalue weighted by Gasteiger charge is 2.27. The molecule has 1 aliphatic rings. The van der Waals surface area contributed by atoms with Gasteiger partial charge in [-0.3, -0.25) is 4.79 Å². The molecule has 0 saturated carbocycles. The molecule has 2 amide bonds. The van der Waals surface area contributed by atoms with Gasteiger partial charge in [0.25, 0.3) is 0 Å². The first-order valence-electron chi connectivity index (χ1n) is 8.02. The van der Waals surface area contributed by atoms with Crippen LogP contribution in [0.2, 0.25) is 0 Å². The van der Waals surface area contributed by atoms with Crippen molar-refractivity contribution in [3.05, 3.63) is 35.4 Å². The van der Waals surface area contributed by atoms with Crippen LogP contribution in [0.5, 0.6) is 0 Å². The Balaban J connectivity index is 1.90. The van der Waals surface area contributed by atoms with E-state index in [9.17, 15) is 9.59 Å². The first-order chi connectivity index (χ1) is 11.1. The largest absolute Gasteiger partial charge is 0.481 e. The van der Waals surface area contributed by atoms with Crippen molar-refractivity contribution in [3.63, 3.8) is 0 Å². The van der Waals surface area contributed by atoms with Crippen LogP contribution in [0.4, 0.5) is 4.79 Å². The molecular weight excluding hydrogens is 296 g/mol. The molecule has 6 nitrogen and oxygen atoms in total. The zero-order valence-corrected chi connectivity index (χ0v) is 13.5. The Morgan fingerprint density at radius 3 is 2.78 bits per heavy atom. The van der Waals surface area contributed by atoms with Crippen LogP contribution in [-0.2, 0) is 22.7 Å². The van der Waals surface area contributed by atoms with Crippen LogP contribution in [-0.4, -0.2) is 41.7 Å². The summed E-state index contributed by atoms with van der Waals surface area (Å²) in [6, 6.07) is 7.62. The summed E-state index contributed by atoms with van der Waals surface area (Å²) in [5.74, 6) is -1.29. The Morgan fingerprint density at radius 1 is 1.35 bits per heavy atom. The van der Waals surface area contributed by atoms with Gasteiger partial charge >= 0.3 is 12.0 Å². The number of nitrogens with zero attached hydrogens (tertiary/aromatic N) is 1. The van der Waals surface area contributed by atoms with E-state index in [1.54, 1.807) is 4.90 Å². The van der Waals surface area contributed by atoms with Gasteiger partial charge in [-0.15, -0.1) is 0 Å². The molecule has 2 rings (SSSR count). The number of benzene rings is 1. The van der Waals surface area contributed by atoms with E-state index in [1.807, 2.05) is 31.2 Å². The molecule has 6 heteroatoms. The summed E-state index contributed by atoms with van der Waals surface area (Å²) >= 11 is 0. The summed E-state index contributed by atoms with van der Waals surface area (Å²) in [6.45, 7) is 4.41. The molecular formula is C17H24N2O4. The Bertz CT molecular complexity index is 547. The smallest absolute Gasteiger partial charge is 0.317 e. The standard InChI is InChI=1S/C17H24N2O4/c1-2-23-12-15-7-4-3-6-13(15)10-18-17(22)19-9-5-8-14(11-19)16(20)21/h3-4,6-7,14H,2,5,8-12H2,1H3,(H,18,22)(H,20,21). The zero-order valence-electron chi connectivity index (χ0n) is 13.5. The van der Waals surface area contributed by atoms with Crippen molar-refractivity contribution in [2.45, 2.75) is 32.9 Å². The van der Waals surface area contributed by atoms with Crippen molar-refractivity contribution in [2.75, 3.05) is 19.7 Å². The molecule has 1 saturated heterocycles. The van der Waals surface area contributed by atoms with Crippen LogP contribution < -0.4 is 5.32 Å². The molecule has 1 atom stereocenters. The molecule has 0 aromatic heterocycles. The molecule has 0 aliphatic carbocycles. The number of carboxylic acids is 1. The van der Waals surface area contributed by atoms with Crippen molar-refractivity contribution in [3.8, 4) is 0 Å². The van der Waals surface area contributed by atoms with E-state index in [1.165, 1.54) is 0 Å². The molecule has 2 N–H and O–H groups in total. The van der Waals surface area contributed by atoms with E-state index in [2.05, 4.69) is 5.32 Å². The number of amides is 2. The van der Waals surface area contributed by atoms with Gasteiger partial charge in [0.2, 0.25) is 0 Å². The number of urea groups is 1. The second-order valence-corrected chi connectivity index (χ2v) is 5.69. The minimum atomic E-state index is -0.829. The third-order valence-corrected chi connectivity index (χ3v) is 4.07. The first kappa shape index (κ1) is 17.3. The van der Waals surface area contributed by atoms with Crippen LogP contribution in [0.1, 0.15) is 30.9 Å². The number of carboxylic acid groups (broad SMARTS) is 1. The molecule has 1 aliphatic heterocycles. The fourth-order valence-electron chi connectivity index (χ4n) is 2.73. The van der Waals surface area contributed by atoms with Crippen molar-refractivity contribution >= 4 is 12.0 Å². The maximum absolute atomic E-state index is 12.3. The highest BCUT2D eigenvalue weighted by molar-refractivity contribution is 5.76. The van der Waals surface area contributed by atoms with Gasteiger partial charge in [-0.2, -0.15) is 0 Å². The minimum Gasteiger partial charge on any atom is -0.481 e. The van der Waals surface area contributed by atoms with Crippen LogP contribution in [0.3, 0.4) is 0 Å². The van der Waals surface area contributed by atoms with Gasteiger partial charge in [-0.05, 0) is 30.9 Å². The van der Waals surface area contributed by atoms with Gasteiger partial charge in [0, 0.05) is 26.2 Å².